The maximum atomic E-state index is 12.9. The van der Waals surface area contributed by atoms with Crippen molar-refractivity contribution in [2.24, 2.45) is 11.0 Å². The van der Waals surface area contributed by atoms with Crippen LogP contribution in [-0.2, 0) is 40.3 Å². The molecule has 4 aromatic rings. The van der Waals surface area contributed by atoms with E-state index in [1.165, 1.54) is 0 Å². The number of nitrogens with one attached hydrogen (secondary N) is 1. The fourth-order valence-corrected chi connectivity index (χ4v) is 6.87. The largest absolute Gasteiger partial charge is 0.471 e. The Balaban J connectivity index is 0.000000233. The van der Waals surface area contributed by atoms with Gasteiger partial charge in [-0.3, -0.25) is 14.4 Å². The molecule has 308 valence electrons. The van der Waals surface area contributed by atoms with Gasteiger partial charge >= 0.3 is 24.2 Å². The fourth-order valence-electron chi connectivity index (χ4n) is 6.39. The van der Waals surface area contributed by atoms with Gasteiger partial charge in [-0.05, 0) is 88.2 Å². The third kappa shape index (κ3) is 11.4. The number of carbonyl (C=O) groups excluding carboxylic acids is 3. The minimum absolute atomic E-state index is 0.00666. The van der Waals surface area contributed by atoms with Gasteiger partial charge in [0.05, 0.1) is 0 Å². The first-order valence-electron chi connectivity index (χ1n) is 17.9. The second kappa shape index (κ2) is 19.3. The number of benzene rings is 4. The van der Waals surface area contributed by atoms with Crippen molar-refractivity contribution < 1.29 is 40.7 Å². The molecule has 18 heteroatoms. The van der Waals surface area contributed by atoms with Crippen molar-refractivity contribution in [3.8, 4) is 22.3 Å². The van der Waals surface area contributed by atoms with Crippen LogP contribution in [-0.4, -0.2) is 59.5 Å². The number of nitrogens with zero attached hydrogens (tertiary/aromatic N) is 5. The highest BCUT2D eigenvalue weighted by atomic mass is 35.5. The molecule has 0 saturated carbocycles. The van der Waals surface area contributed by atoms with Crippen LogP contribution in [0.4, 0.5) is 37.7 Å². The van der Waals surface area contributed by atoms with E-state index in [9.17, 15) is 40.7 Å². The number of hydrogen-bond donors (Lipinski definition) is 2. The van der Waals surface area contributed by atoms with Crippen LogP contribution < -0.4 is 11.1 Å². The summed E-state index contributed by atoms with van der Waals surface area (Å²) in [6.45, 7) is 5.50. The van der Waals surface area contributed by atoms with Crippen molar-refractivity contribution >= 4 is 52.3 Å². The number of fused-ring (bicyclic) bond motifs is 2. The molecule has 2 heterocycles. The Kier molecular flexibility index (Phi) is 15.1. The summed E-state index contributed by atoms with van der Waals surface area (Å²) in [5, 5.41) is 6.98. The van der Waals surface area contributed by atoms with Crippen LogP contribution in [0.25, 0.3) is 32.7 Å². The number of anilines is 2. The van der Waals surface area contributed by atoms with Crippen LogP contribution in [0.1, 0.15) is 43.0 Å². The van der Waals surface area contributed by atoms with Gasteiger partial charge in [-0.2, -0.15) is 26.3 Å². The number of alkyl halides is 6. The summed E-state index contributed by atoms with van der Waals surface area (Å²) >= 11 is 12.6. The first-order chi connectivity index (χ1) is 27.3. The molecule has 3 amide bonds. The number of nitrogen functional groups attached to an aromatic ring is 1. The Hall–Kier alpha value is -5.44. The molecule has 0 spiro atoms. The van der Waals surface area contributed by atoms with Crippen molar-refractivity contribution in [3.05, 3.63) is 116 Å². The van der Waals surface area contributed by atoms with Crippen molar-refractivity contribution in [2.75, 3.05) is 30.7 Å². The molecule has 0 aromatic heterocycles. The van der Waals surface area contributed by atoms with Crippen molar-refractivity contribution in [1.29, 1.82) is 0 Å². The molecule has 2 aliphatic rings. The number of rotatable bonds is 5. The molecule has 0 aliphatic carbocycles. The minimum atomic E-state index is -4.92. The van der Waals surface area contributed by atoms with Crippen molar-refractivity contribution in [3.63, 3.8) is 0 Å². The minimum Gasteiger partial charge on any atom is -0.399 e. The van der Waals surface area contributed by atoms with Gasteiger partial charge in [0.25, 0.3) is 0 Å². The lowest BCUT2D eigenvalue weighted by molar-refractivity contribution is -0.186. The molecule has 10 nitrogen and oxygen atoms in total. The van der Waals surface area contributed by atoms with Crippen molar-refractivity contribution in [1.82, 2.24) is 9.80 Å². The summed E-state index contributed by atoms with van der Waals surface area (Å²) in [4.78, 5) is 39.4. The zero-order chi connectivity index (χ0) is 42.9. The Morgan fingerprint density at radius 1 is 0.776 bits per heavy atom. The first kappa shape index (κ1) is 45.3. The molecular formula is C40H39Cl2F6N7O3. The Morgan fingerprint density at radius 2 is 1.22 bits per heavy atom. The predicted octanol–water partition coefficient (Wildman–Crippen LogP) is 10.4. The maximum absolute atomic E-state index is 12.9. The number of amides is 3. The summed E-state index contributed by atoms with van der Waals surface area (Å²) in [5.41, 5.74) is 20.2. The fraction of sp³-hybridized carbons (Fsp3) is 0.325. The average molecular weight is 851 g/mol. The standard InChI is InChI=1S/C21H20ClF3N2O2.C17H14ClF3N2O.C2H5N3/c1-12(2)19(28)26-14-9-13-11-27(20(29)21(23,24)25)8-7-15(13)17(10-14)16-5-3-4-6-18(16)22;18-15-4-2-1-3-13(15)14-8-11(22)7-10-9-23(6-5-12(10)14)16(24)17(19,20)21;1-2-4-5-3/h3-6,9-10,12H,7-8,11H2,1-2H3,(H,26,28);1-4,7-8H,5-6,9,22H2;2H2,1H3. The highest BCUT2D eigenvalue weighted by Crippen LogP contribution is 2.39. The van der Waals surface area contributed by atoms with Crippen LogP contribution in [0, 0.1) is 5.92 Å². The molecule has 0 bridgehead atoms. The molecule has 3 N–H and O–H groups in total. The van der Waals surface area contributed by atoms with Gasteiger partial charge in [0.1, 0.15) is 0 Å². The number of halogens is 8. The average Bonchev–Trinajstić information content (AvgIpc) is 3.16. The third-order valence-corrected chi connectivity index (χ3v) is 9.74. The zero-order valence-electron chi connectivity index (χ0n) is 31.5. The van der Waals surface area contributed by atoms with Crippen molar-refractivity contribution in [2.45, 2.75) is 59.1 Å². The van der Waals surface area contributed by atoms with Crippen LogP contribution in [0.3, 0.4) is 0 Å². The molecule has 0 unspecified atom stereocenters. The molecule has 6 rings (SSSR count). The molecule has 0 saturated heterocycles. The van der Waals surface area contributed by atoms with E-state index in [1.54, 1.807) is 69.3 Å². The lowest BCUT2D eigenvalue weighted by Crippen LogP contribution is -2.43. The molecular weight excluding hydrogens is 811 g/mol. The second-order valence-corrected chi connectivity index (χ2v) is 14.3. The quantitative estimate of drug-likeness (QED) is 0.0677. The molecule has 2 aliphatic heterocycles. The highest BCUT2D eigenvalue weighted by molar-refractivity contribution is 6.33. The van der Waals surface area contributed by atoms with E-state index >= 15 is 0 Å². The zero-order valence-corrected chi connectivity index (χ0v) is 33.0. The number of azide groups is 1. The summed E-state index contributed by atoms with van der Waals surface area (Å²) in [6, 6.07) is 21.2. The number of hydrogen-bond acceptors (Lipinski definition) is 5. The summed E-state index contributed by atoms with van der Waals surface area (Å²) in [7, 11) is 0. The topological polar surface area (TPSA) is 144 Å². The van der Waals surface area contributed by atoms with Gasteiger partial charge in [-0.15, -0.1) is 0 Å². The highest BCUT2D eigenvalue weighted by Gasteiger charge is 2.44. The predicted molar refractivity (Wildman–Crippen MR) is 212 cm³/mol. The summed E-state index contributed by atoms with van der Waals surface area (Å²) < 4.78 is 76.6. The maximum Gasteiger partial charge on any atom is 0.471 e. The van der Waals surface area contributed by atoms with Gasteiger partial charge in [0, 0.05) is 76.1 Å². The normalized spacial score (nSPS) is 13.4. The van der Waals surface area contributed by atoms with Gasteiger partial charge in [-0.1, -0.05) is 85.5 Å². The number of carbonyl (C=O) groups is 3. The van der Waals surface area contributed by atoms with E-state index in [0.29, 0.717) is 45.5 Å². The van der Waals surface area contributed by atoms with E-state index in [4.69, 9.17) is 34.5 Å². The van der Waals surface area contributed by atoms with Crippen LogP contribution >= 0.6 is 23.2 Å². The Bertz CT molecular complexity index is 2210. The number of nitrogens with two attached hydrogens (primary N) is 1. The Labute approximate surface area is 340 Å². The van der Waals surface area contributed by atoms with E-state index in [0.717, 1.165) is 43.2 Å². The lowest BCUT2D eigenvalue weighted by atomic mass is 9.89. The van der Waals surface area contributed by atoms with Crippen LogP contribution in [0.2, 0.25) is 10.0 Å². The van der Waals surface area contributed by atoms with Gasteiger partial charge < -0.3 is 20.9 Å². The van der Waals surface area contributed by atoms with Gasteiger partial charge in [-0.25, -0.2) is 0 Å². The van der Waals surface area contributed by atoms with E-state index in [2.05, 4.69) is 15.3 Å². The smallest absolute Gasteiger partial charge is 0.399 e. The Morgan fingerprint density at radius 3 is 1.62 bits per heavy atom. The van der Waals surface area contributed by atoms with Crippen LogP contribution in [0.5, 0.6) is 0 Å². The SMILES string of the molecule is CC(C)C(=O)Nc1cc2c(c(-c3ccccc3Cl)c1)CCN(C(=O)C(F)(F)F)C2.CCN=[N+]=[N-].Nc1cc2c(c(-c3ccccc3Cl)c1)CCN(C(=O)C(F)(F)F)C2. The molecule has 58 heavy (non-hydrogen) atoms. The molecule has 4 aromatic carbocycles. The summed E-state index contributed by atoms with van der Waals surface area (Å²) in [6.07, 6.45) is -9.22. The molecule has 0 atom stereocenters. The van der Waals surface area contributed by atoms with E-state index < -0.39 is 24.2 Å². The van der Waals surface area contributed by atoms with Crippen LogP contribution in [0.15, 0.2) is 77.9 Å². The van der Waals surface area contributed by atoms with E-state index in [1.807, 2.05) is 24.3 Å². The first-order valence-corrected chi connectivity index (χ1v) is 18.6. The monoisotopic (exact) mass is 849 g/mol. The molecule has 0 radical (unpaired) electrons. The third-order valence-electron chi connectivity index (χ3n) is 9.08. The second-order valence-electron chi connectivity index (χ2n) is 13.5. The van der Waals surface area contributed by atoms with Gasteiger partial charge in [0.15, 0.2) is 0 Å². The summed E-state index contributed by atoms with van der Waals surface area (Å²) in [5.74, 6) is -4.17. The lowest BCUT2D eigenvalue weighted by Gasteiger charge is -2.31. The van der Waals surface area contributed by atoms with E-state index in [-0.39, 0.29) is 44.4 Å². The molecule has 0 fully saturated rings. The van der Waals surface area contributed by atoms with Gasteiger partial charge in [0.2, 0.25) is 5.91 Å².